The fourth-order valence-corrected chi connectivity index (χ4v) is 5.08. The molecule has 0 aliphatic carbocycles. The topological polar surface area (TPSA) is 58.1 Å². The van der Waals surface area contributed by atoms with Crippen LogP contribution >= 0.6 is 11.8 Å². The lowest BCUT2D eigenvalue weighted by Crippen LogP contribution is -2.61. The van der Waals surface area contributed by atoms with Crippen molar-refractivity contribution < 1.29 is 9.18 Å². The Hall–Kier alpha value is -1.99. The van der Waals surface area contributed by atoms with E-state index >= 15 is 0 Å². The fraction of sp³-hybridized carbons (Fsp3) is 0.389. The number of halogens is 1. The monoisotopic (exact) mass is 358 g/mol. The summed E-state index contributed by atoms with van der Waals surface area (Å²) in [5, 5.41) is 3.58. The van der Waals surface area contributed by atoms with Gasteiger partial charge in [-0.2, -0.15) is 4.39 Å². The molecule has 2 saturated heterocycles. The van der Waals surface area contributed by atoms with Gasteiger partial charge in [0.1, 0.15) is 0 Å². The Morgan fingerprint density at radius 1 is 1.40 bits per heavy atom. The average Bonchev–Trinajstić information content (AvgIpc) is 3.04. The highest BCUT2D eigenvalue weighted by atomic mass is 32.2. The second kappa shape index (κ2) is 6.72. The van der Waals surface area contributed by atoms with E-state index in [1.54, 1.807) is 17.2 Å². The van der Waals surface area contributed by atoms with Gasteiger partial charge in [0.25, 0.3) is 5.91 Å². The second-order valence-corrected chi connectivity index (χ2v) is 8.15. The molecule has 1 spiro atoms. The molecule has 7 heteroatoms. The molecule has 2 aromatic rings. The van der Waals surface area contributed by atoms with E-state index in [1.807, 2.05) is 24.0 Å². The van der Waals surface area contributed by atoms with Crippen molar-refractivity contribution in [2.24, 2.45) is 0 Å². The molecule has 1 N–H and O–H groups in total. The van der Waals surface area contributed by atoms with E-state index < -0.39 is 5.95 Å². The maximum Gasteiger partial charge on any atom is 0.254 e. The molecular weight excluding hydrogens is 339 g/mol. The third kappa shape index (κ3) is 3.52. The number of hydrogen-bond acceptors (Lipinski definition) is 5. The van der Waals surface area contributed by atoms with E-state index in [-0.39, 0.29) is 10.7 Å². The molecule has 0 aromatic carbocycles. The van der Waals surface area contributed by atoms with Gasteiger partial charge in [-0.15, -0.1) is 11.8 Å². The number of pyridine rings is 2. The minimum atomic E-state index is -0.615. The van der Waals surface area contributed by atoms with Crippen LogP contribution in [0, 0.1) is 5.95 Å². The Balaban J connectivity index is 1.29. The number of rotatable bonds is 4. The van der Waals surface area contributed by atoms with Gasteiger partial charge in [-0.25, -0.2) is 4.98 Å². The van der Waals surface area contributed by atoms with Crippen molar-refractivity contribution >= 4 is 17.7 Å². The lowest BCUT2D eigenvalue weighted by atomic mass is 9.91. The van der Waals surface area contributed by atoms with Crippen molar-refractivity contribution in [1.29, 1.82) is 0 Å². The van der Waals surface area contributed by atoms with Crippen molar-refractivity contribution in [2.45, 2.75) is 23.8 Å². The largest absolute Gasteiger partial charge is 0.336 e. The summed E-state index contributed by atoms with van der Waals surface area (Å²) in [6.07, 6.45) is 6.04. The molecule has 2 aliphatic rings. The predicted molar refractivity (Wildman–Crippen MR) is 94.8 cm³/mol. The number of likely N-dealkylation sites (tertiary alicyclic amines) is 1. The van der Waals surface area contributed by atoms with E-state index in [2.05, 4.69) is 21.4 Å². The van der Waals surface area contributed by atoms with Crippen LogP contribution in [0.3, 0.4) is 0 Å². The average molecular weight is 358 g/mol. The lowest BCUT2D eigenvalue weighted by Gasteiger charge is -2.47. The summed E-state index contributed by atoms with van der Waals surface area (Å²) in [6, 6.07) is 7.22. The molecule has 4 heterocycles. The van der Waals surface area contributed by atoms with Gasteiger partial charge in [-0.3, -0.25) is 9.78 Å². The van der Waals surface area contributed by atoms with E-state index in [0.29, 0.717) is 11.6 Å². The molecule has 2 fully saturated rings. The molecule has 1 atom stereocenters. The third-order valence-electron chi connectivity index (χ3n) is 4.75. The van der Waals surface area contributed by atoms with E-state index in [0.717, 1.165) is 31.8 Å². The standard InChI is InChI=1S/C18H19FN4OS/c19-16-6-14(3-5-21-16)17(24)23-11-18(12-23)7-15(10-25-18)22-9-13-2-1-4-20-8-13/h1-6,8,15,22H,7,9-12H2. The molecule has 130 valence electrons. The summed E-state index contributed by atoms with van der Waals surface area (Å²) in [5.41, 5.74) is 1.55. The Morgan fingerprint density at radius 3 is 3.04 bits per heavy atom. The van der Waals surface area contributed by atoms with Crippen LogP contribution in [0.4, 0.5) is 4.39 Å². The zero-order chi connectivity index (χ0) is 17.3. The number of thioether (sulfide) groups is 1. The first-order valence-electron chi connectivity index (χ1n) is 8.31. The van der Waals surface area contributed by atoms with Gasteiger partial charge < -0.3 is 10.2 Å². The normalized spacial score (nSPS) is 21.3. The Labute approximate surface area is 150 Å². The van der Waals surface area contributed by atoms with E-state index in [1.165, 1.54) is 17.8 Å². The molecule has 1 unspecified atom stereocenters. The summed E-state index contributed by atoms with van der Waals surface area (Å²) in [6.45, 7) is 2.27. The second-order valence-electron chi connectivity index (χ2n) is 6.67. The van der Waals surface area contributed by atoms with Gasteiger partial charge in [-0.1, -0.05) is 6.07 Å². The van der Waals surface area contributed by atoms with Crippen LogP contribution in [0.25, 0.3) is 0 Å². The van der Waals surface area contributed by atoms with Gasteiger partial charge >= 0.3 is 0 Å². The summed E-state index contributed by atoms with van der Waals surface area (Å²) < 4.78 is 13.3. The maximum atomic E-state index is 13.2. The molecule has 2 aromatic heterocycles. The first-order valence-corrected chi connectivity index (χ1v) is 9.29. The number of nitrogens with zero attached hydrogens (tertiary/aromatic N) is 3. The zero-order valence-electron chi connectivity index (χ0n) is 13.7. The molecule has 4 rings (SSSR count). The highest BCUT2D eigenvalue weighted by molar-refractivity contribution is 8.01. The van der Waals surface area contributed by atoms with Crippen LogP contribution in [0.1, 0.15) is 22.3 Å². The zero-order valence-corrected chi connectivity index (χ0v) is 14.5. The lowest BCUT2D eigenvalue weighted by molar-refractivity contribution is 0.0551. The minimum absolute atomic E-state index is 0.112. The van der Waals surface area contributed by atoms with Crippen LogP contribution in [-0.2, 0) is 6.54 Å². The van der Waals surface area contributed by atoms with Gasteiger partial charge in [-0.05, 0) is 24.1 Å². The quantitative estimate of drug-likeness (QED) is 0.849. The number of aromatic nitrogens is 2. The molecule has 2 aliphatic heterocycles. The third-order valence-corrected chi connectivity index (χ3v) is 6.35. The molecular formula is C18H19FN4OS. The molecule has 0 bridgehead atoms. The molecule has 25 heavy (non-hydrogen) atoms. The molecule has 1 amide bonds. The van der Waals surface area contributed by atoms with Crippen molar-refractivity contribution in [3.05, 3.63) is 59.9 Å². The van der Waals surface area contributed by atoms with Crippen LogP contribution in [-0.4, -0.2) is 50.4 Å². The van der Waals surface area contributed by atoms with E-state index in [4.69, 9.17) is 0 Å². The molecule has 0 radical (unpaired) electrons. The Bertz CT molecular complexity index is 767. The highest BCUT2D eigenvalue weighted by Gasteiger charge is 2.50. The van der Waals surface area contributed by atoms with Crippen molar-refractivity contribution in [1.82, 2.24) is 20.2 Å². The highest BCUT2D eigenvalue weighted by Crippen LogP contribution is 2.45. The van der Waals surface area contributed by atoms with Crippen molar-refractivity contribution in [2.75, 3.05) is 18.8 Å². The maximum absolute atomic E-state index is 13.2. The van der Waals surface area contributed by atoms with Crippen LogP contribution in [0.5, 0.6) is 0 Å². The summed E-state index contributed by atoms with van der Waals surface area (Å²) in [7, 11) is 0. The van der Waals surface area contributed by atoms with Gasteiger partial charge in [0.05, 0.1) is 4.75 Å². The number of amides is 1. The van der Waals surface area contributed by atoms with E-state index in [9.17, 15) is 9.18 Å². The van der Waals surface area contributed by atoms with Crippen LogP contribution < -0.4 is 5.32 Å². The van der Waals surface area contributed by atoms with Crippen LogP contribution in [0.15, 0.2) is 42.9 Å². The van der Waals surface area contributed by atoms with Crippen molar-refractivity contribution in [3.63, 3.8) is 0 Å². The fourth-order valence-electron chi connectivity index (χ4n) is 3.47. The van der Waals surface area contributed by atoms with Crippen molar-refractivity contribution in [3.8, 4) is 0 Å². The predicted octanol–water partition coefficient (Wildman–Crippen LogP) is 2.11. The van der Waals surface area contributed by atoms with Gasteiger partial charge in [0, 0.05) is 61.6 Å². The van der Waals surface area contributed by atoms with Gasteiger partial charge in [0.15, 0.2) is 0 Å². The van der Waals surface area contributed by atoms with Gasteiger partial charge in [0.2, 0.25) is 5.95 Å². The molecule has 5 nitrogen and oxygen atoms in total. The SMILES string of the molecule is O=C(c1ccnc(F)c1)N1CC2(CC(NCc3cccnc3)CS2)C1. The summed E-state index contributed by atoms with van der Waals surface area (Å²) >= 11 is 1.94. The Morgan fingerprint density at radius 2 is 2.28 bits per heavy atom. The van der Waals surface area contributed by atoms with Crippen LogP contribution in [0.2, 0.25) is 0 Å². The summed E-state index contributed by atoms with van der Waals surface area (Å²) in [5.74, 6) is 0.321. The molecule has 0 saturated carbocycles. The number of hydrogen-bond donors (Lipinski definition) is 1. The summed E-state index contributed by atoms with van der Waals surface area (Å²) in [4.78, 5) is 21.8. The first-order chi connectivity index (χ1) is 12.1. The number of carbonyl (C=O) groups excluding carboxylic acids is 1. The smallest absolute Gasteiger partial charge is 0.254 e. The number of nitrogens with one attached hydrogen (secondary N) is 1. The number of carbonyl (C=O) groups is 1. The first kappa shape index (κ1) is 16.5. The Kier molecular flexibility index (Phi) is 4.43. The minimum Gasteiger partial charge on any atom is -0.336 e.